The van der Waals surface area contributed by atoms with Gasteiger partial charge in [-0.1, -0.05) is 12.5 Å². The first-order chi connectivity index (χ1) is 9.85. The molecule has 6 nitrogen and oxygen atoms in total. The maximum absolute atomic E-state index is 12.3. The zero-order valence-electron chi connectivity index (χ0n) is 12.2. The molecule has 1 aliphatic carbocycles. The normalized spacial score (nSPS) is 22.2. The van der Waals surface area contributed by atoms with Crippen LogP contribution in [0.1, 0.15) is 24.8 Å². The fourth-order valence-electron chi connectivity index (χ4n) is 2.56. The van der Waals surface area contributed by atoms with E-state index in [-0.39, 0.29) is 22.8 Å². The van der Waals surface area contributed by atoms with Gasteiger partial charge in [-0.25, -0.2) is 13.1 Å². The van der Waals surface area contributed by atoms with Gasteiger partial charge in [-0.3, -0.25) is 4.79 Å². The number of aryl methyl sites for hydroxylation is 1. The van der Waals surface area contributed by atoms with Gasteiger partial charge in [0.15, 0.2) is 0 Å². The topological polar surface area (TPSA) is 101 Å². The van der Waals surface area contributed by atoms with Crippen LogP contribution in [0, 0.1) is 12.8 Å². The second-order valence-electron chi connectivity index (χ2n) is 5.37. The molecular weight excluding hydrogens is 290 g/mol. The van der Waals surface area contributed by atoms with Crippen LogP contribution < -0.4 is 15.8 Å². The fourth-order valence-corrected chi connectivity index (χ4v) is 3.32. The molecule has 2 rings (SSSR count). The molecule has 116 valence electrons. The SMILES string of the molecule is CNS(=O)(=O)c1ccc(C)c(NC(=O)C2CCCC2N)c1. The summed E-state index contributed by atoms with van der Waals surface area (Å²) in [7, 11) is -2.18. The lowest BCUT2D eigenvalue weighted by molar-refractivity contribution is -0.120. The minimum atomic E-state index is -3.53. The Balaban J connectivity index is 2.23. The molecule has 0 heterocycles. The van der Waals surface area contributed by atoms with Crippen LogP contribution in [0.2, 0.25) is 0 Å². The number of hydrogen-bond acceptors (Lipinski definition) is 4. The van der Waals surface area contributed by atoms with Gasteiger partial charge in [0.1, 0.15) is 0 Å². The monoisotopic (exact) mass is 311 g/mol. The third kappa shape index (κ3) is 3.42. The van der Waals surface area contributed by atoms with Crippen molar-refractivity contribution in [2.75, 3.05) is 12.4 Å². The third-order valence-corrected chi connectivity index (χ3v) is 5.36. The highest BCUT2D eigenvalue weighted by atomic mass is 32.2. The molecular formula is C14H21N3O3S. The molecule has 0 bridgehead atoms. The van der Waals surface area contributed by atoms with E-state index in [2.05, 4.69) is 10.0 Å². The highest BCUT2D eigenvalue weighted by Gasteiger charge is 2.30. The van der Waals surface area contributed by atoms with E-state index in [1.807, 2.05) is 6.92 Å². The van der Waals surface area contributed by atoms with Crippen LogP contribution >= 0.6 is 0 Å². The van der Waals surface area contributed by atoms with Gasteiger partial charge in [0, 0.05) is 11.7 Å². The summed E-state index contributed by atoms with van der Waals surface area (Å²) < 4.78 is 25.9. The summed E-state index contributed by atoms with van der Waals surface area (Å²) in [6.07, 6.45) is 2.58. The summed E-state index contributed by atoms with van der Waals surface area (Å²) in [5.74, 6) is -0.337. The van der Waals surface area contributed by atoms with Crippen molar-refractivity contribution < 1.29 is 13.2 Å². The standard InChI is InChI=1S/C14H21N3O3S/c1-9-6-7-10(21(19,20)16-2)8-13(9)17-14(18)11-4-3-5-12(11)15/h6-8,11-12,16H,3-5,15H2,1-2H3,(H,17,18). The zero-order chi connectivity index (χ0) is 15.6. The van der Waals surface area contributed by atoms with E-state index >= 15 is 0 Å². The lowest BCUT2D eigenvalue weighted by Crippen LogP contribution is -2.34. The maximum Gasteiger partial charge on any atom is 0.240 e. The number of nitrogens with two attached hydrogens (primary N) is 1. The van der Waals surface area contributed by atoms with Gasteiger partial charge in [-0.05, 0) is 44.5 Å². The molecule has 0 aliphatic heterocycles. The number of hydrogen-bond donors (Lipinski definition) is 3. The van der Waals surface area contributed by atoms with Crippen molar-refractivity contribution in [3.63, 3.8) is 0 Å². The Labute approximate surface area is 125 Å². The van der Waals surface area contributed by atoms with Gasteiger partial charge < -0.3 is 11.1 Å². The molecule has 2 unspecified atom stereocenters. The van der Waals surface area contributed by atoms with Crippen LogP contribution in [0.4, 0.5) is 5.69 Å². The molecule has 1 aliphatic rings. The van der Waals surface area contributed by atoms with Gasteiger partial charge in [0.2, 0.25) is 15.9 Å². The summed E-state index contributed by atoms with van der Waals surface area (Å²) in [5, 5.41) is 2.81. The minimum absolute atomic E-state index is 0.116. The first-order valence-electron chi connectivity index (χ1n) is 6.96. The van der Waals surface area contributed by atoms with Gasteiger partial charge in [-0.2, -0.15) is 0 Å². The maximum atomic E-state index is 12.3. The molecule has 21 heavy (non-hydrogen) atoms. The molecule has 2 atom stereocenters. The van der Waals surface area contributed by atoms with E-state index < -0.39 is 10.0 Å². The number of rotatable bonds is 4. The summed E-state index contributed by atoms with van der Waals surface area (Å²) >= 11 is 0. The average molecular weight is 311 g/mol. The van der Waals surface area contributed by atoms with E-state index in [4.69, 9.17) is 5.73 Å². The average Bonchev–Trinajstić information content (AvgIpc) is 2.87. The molecule has 1 amide bonds. The van der Waals surface area contributed by atoms with E-state index in [9.17, 15) is 13.2 Å². The Hall–Kier alpha value is -1.44. The largest absolute Gasteiger partial charge is 0.327 e. The molecule has 0 aromatic heterocycles. The van der Waals surface area contributed by atoms with Gasteiger partial charge in [0.25, 0.3) is 0 Å². The van der Waals surface area contributed by atoms with Crippen molar-refractivity contribution in [2.24, 2.45) is 11.7 Å². The van der Waals surface area contributed by atoms with Crippen molar-refractivity contribution in [3.8, 4) is 0 Å². The molecule has 1 fully saturated rings. The van der Waals surface area contributed by atoms with Crippen LogP contribution in [0.25, 0.3) is 0 Å². The molecule has 1 saturated carbocycles. The van der Waals surface area contributed by atoms with Gasteiger partial charge in [-0.15, -0.1) is 0 Å². The Morgan fingerprint density at radius 2 is 2.05 bits per heavy atom. The molecule has 1 aromatic rings. The fraction of sp³-hybridized carbons (Fsp3) is 0.500. The molecule has 0 spiro atoms. The predicted molar refractivity (Wildman–Crippen MR) is 81.4 cm³/mol. The Morgan fingerprint density at radius 1 is 1.33 bits per heavy atom. The van der Waals surface area contributed by atoms with Crippen LogP contribution in [0.15, 0.2) is 23.1 Å². The van der Waals surface area contributed by atoms with E-state index in [0.29, 0.717) is 5.69 Å². The first kappa shape index (κ1) is 15.9. The highest BCUT2D eigenvalue weighted by molar-refractivity contribution is 7.89. The number of carbonyl (C=O) groups is 1. The Morgan fingerprint density at radius 3 is 2.62 bits per heavy atom. The predicted octanol–water partition coefficient (Wildman–Crippen LogP) is 0.969. The lowest BCUT2D eigenvalue weighted by Gasteiger charge is -2.17. The van der Waals surface area contributed by atoms with Crippen molar-refractivity contribution in [1.29, 1.82) is 0 Å². The van der Waals surface area contributed by atoms with Crippen molar-refractivity contribution in [3.05, 3.63) is 23.8 Å². The number of carbonyl (C=O) groups excluding carboxylic acids is 1. The Kier molecular flexibility index (Phi) is 4.65. The molecule has 4 N–H and O–H groups in total. The van der Waals surface area contributed by atoms with E-state index in [0.717, 1.165) is 24.8 Å². The number of amides is 1. The minimum Gasteiger partial charge on any atom is -0.327 e. The van der Waals surface area contributed by atoms with Crippen LogP contribution in [-0.2, 0) is 14.8 Å². The second-order valence-corrected chi connectivity index (χ2v) is 7.26. The first-order valence-corrected chi connectivity index (χ1v) is 8.44. The van der Waals surface area contributed by atoms with Crippen molar-refractivity contribution in [2.45, 2.75) is 37.1 Å². The molecule has 1 aromatic carbocycles. The quantitative estimate of drug-likeness (QED) is 0.771. The van der Waals surface area contributed by atoms with E-state index in [1.54, 1.807) is 6.07 Å². The lowest BCUT2D eigenvalue weighted by atomic mass is 10.0. The summed E-state index contributed by atoms with van der Waals surface area (Å²) in [6.45, 7) is 1.82. The van der Waals surface area contributed by atoms with Crippen molar-refractivity contribution in [1.82, 2.24) is 4.72 Å². The van der Waals surface area contributed by atoms with Gasteiger partial charge in [0.05, 0.1) is 10.8 Å². The smallest absolute Gasteiger partial charge is 0.240 e. The Bertz CT molecular complexity index is 643. The number of anilines is 1. The number of nitrogens with one attached hydrogen (secondary N) is 2. The zero-order valence-corrected chi connectivity index (χ0v) is 13.0. The van der Waals surface area contributed by atoms with Crippen LogP contribution in [-0.4, -0.2) is 27.4 Å². The second kappa shape index (κ2) is 6.13. The van der Waals surface area contributed by atoms with Crippen LogP contribution in [0.3, 0.4) is 0 Å². The number of benzene rings is 1. The molecule has 0 radical (unpaired) electrons. The van der Waals surface area contributed by atoms with Crippen molar-refractivity contribution >= 4 is 21.6 Å². The van der Waals surface area contributed by atoms with E-state index in [1.165, 1.54) is 19.2 Å². The third-order valence-electron chi connectivity index (χ3n) is 3.95. The summed E-state index contributed by atoms with van der Waals surface area (Å²) in [4.78, 5) is 12.4. The highest BCUT2D eigenvalue weighted by Crippen LogP contribution is 2.27. The molecule has 7 heteroatoms. The van der Waals surface area contributed by atoms with Gasteiger partial charge >= 0.3 is 0 Å². The molecule has 0 saturated heterocycles. The summed E-state index contributed by atoms with van der Waals surface area (Å²) in [5.41, 5.74) is 7.25. The van der Waals surface area contributed by atoms with Crippen LogP contribution in [0.5, 0.6) is 0 Å². The number of sulfonamides is 1. The summed E-state index contributed by atoms with van der Waals surface area (Å²) in [6, 6.07) is 4.54.